The van der Waals surface area contributed by atoms with E-state index in [9.17, 15) is 14.4 Å². The summed E-state index contributed by atoms with van der Waals surface area (Å²) < 4.78 is 2.08. The van der Waals surface area contributed by atoms with E-state index >= 15 is 0 Å². The van der Waals surface area contributed by atoms with Crippen LogP contribution < -0.4 is 11.2 Å². The van der Waals surface area contributed by atoms with Gasteiger partial charge in [0.05, 0.1) is 0 Å². The number of carbonyl (C=O) groups is 1. The van der Waals surface area contributed by atoms with Gasteiger partial charge in [0.25, 0.3) is 10.8 Å². The molecule has 0 N–H and O–H groups in total. The van der Waals surface area contributed by atoms with Gasteiger partial charge in [-0.3, -0.25) is 18.7 Å². The van der Waals surface area contributed by atoms with E-state index in [2.05, 4.69) is 13.2 Å². The molecule has 1 heterocycles. The first-order valence-corrected chi connectivity index (χ1v) is 5.16. The molecule has 1 aromatic rings. The lowest BCUT2D eigenvalue weighted by atomic mass is 10.3. The van der Waals surface area contributed by atoms with Crippen molar-refractivity contribution in [1.29, 1.82) is 0 Å². The highest BCUT2D eigenvalue weighted by atomic mass is 35.5. The monoisotopic (exact) mass is 254 g/mol. The molecule has 0 atom stereocenters. The third-order valence-electron chi connectivity index (χ3n) is 2.09. The lowest BCUT2D eigenvalue weighted by molar-refractivity contribution is 0.107. The summed E-state index contributed by atoms with van der Waals surface area (Å²) in [6, 6.07) is 0. The molecule has 17 heavy (non-hydrogen) atoms. The lowest BCUT2D eigenvalue weighted by Gasteiger charge is -2.08. The summed E-state index contributed by atoms with van der Waals surface area (Å²) in [7, 11) is 0. The highest BCUT2D eigenvalue weighted by molar-refractivity contribution is 6.67. The molecular formula is C11H11ClN2O3. The Morgan fingerprint density at radius 1 is 1.29 bits per heavy atom. The van der Waals surface area contributed by atoms with Gasteiger partial charge in [-0.1, -0.05) is 12.2 Å². The summed E-state index contributed by atoms with van der Waals surface area (Å²) in [6.07, 6.45) is 4.01. The van der Waals surface area contributed by atoms with Gasteiger partial charge < -0.3 is 0 Å². The van der Waals surface area contributed by atoms with Gasteiger partial charge >= 0.3 is 5.69 Å². The van der Waals surface area contributed by atoms with Crippen molar-refractivity contribution < 1.29 is 4.79 Å². The van der Waals surface area contributed by atoms with Gasteiger partial charge in [0.1, 0.15) is 5.56 Å². The number of hydrogen-bond acceptors (Lipinski definition) is 3. The molecule has 0 radical (unpaired) electrons. The molecule has 0 saturated heterocycles. The molecule has 90 valence electrons. The Balaban J connectivity index is 3.62. The standard InChI is InChI=1S/C11H11ClN2O3/c1-3-5-13-7-8(9(12)15)10(16)14(6-4-2)11(13)17/h3-4,7H,1-2,5-6H2. The minimum atomic E-state index is -0.898. The predicted octanol–water partition coefficient (Wildman–Crippen LogP) is 0.761. The Labute approximate surface area is 102 Å². The summed E-state index contributed by atoms with van der Waals surface area (Å²) in [6.45, 7) is 7.14. The van der Waals surface area contributed by atoms with Crippen LogP contribution in [0.4, 0.5) is 0 Å². The highest BCUT2D eigenvalue weighted by Gasteiger charge is 2.14. The Morgan fingerprint density at radius 3 is 2.35 bits per heavy atom. The fourth-order valence-electron chi connectivity index (χ4n) is 1.35. The largest absolute Gasteiger partial charge is 0.331 e. The first-order valence-electron chi connectivity index (χ1n) is 4.78. The average Bonchev–Trinajstić information content (AvgIpc) is 2.27. The van der Waals surface area contributed by atoms with E-state index in [1.807, 2.05) is 0 Å². The van der Waals surface area contributed by atoms with Crippen molar-refractivity contribution >= 4 is 16.8 Å². The van der Waals surface area contributed by atoms with E-state index in [-0.39, 0.29) is 18.7 Å². The normalized spacial score (nSPS) is 9.94. The van der Waals surface area contributed by atoms with Crippen LogP contribution in [-0.2, 0) is 13.1 Å². The zero-order valence-electron chi connectivity index (χ0n) is 9.06. The summed E-state index contributed by atoms with van der Waals surface area (Å²) in [5, 5.41) is -0.898. The van der Waals surface area contributed by atoms with E-state index < -0.39 is 16.5 Å². The maximum absolute atomic E-state index is 11.8. The van der Waals surface area contributed by atoms with E-state index in [4.69, 9.17) is 11.6 Å². The van der Waals surface area contributed by atoms with Gasteiger partial charge in [0.2, 0.25) is 0 Å². The van der Waals surface area contributed by atoms with Gasteiger partial charge in [-0.25, -0.2) is 4.79 Å². The van der Waals surface area contributed by atoms with Gasteiger partial charge in [-0.15, -0.1) is 13.2 Å². The van der Waals surface area contributed by atoms with Crippen molar-refractivity contribution in [1.82, 2.24) is 9.13 Å². The van der Waals surface area contributed by atoms with Crippen molar-refractivity contribution in [3.05, 3.63) is 57.9 Å². The van der Waals surface area contributed by atoms with Crippen LogP contribution >= 0.6 is 11.6 Å². The number of carbonyl (C=O) groups excluding carboxylic acids is 1. The zero-order chi connectivity index (χ0) is 13.0. The number of halogens is 1. The van der Waals surface area contributed by atoms with Crippen LogP contribution in [-0.4, -0.2) is 14.4 Å². The first kappa shape index (κ1) is 13.2. The minimum absolute atomic E-state index is 0.0207. The molecule has 5 nitrogen and oxygen atoms in total. The molecule has 0 saturated carbocycles. The topological polar surface area (TPSA) is 61.1 Å². The van der Waals surface area contributed by atoms with E-state index in [1.54, 1.807) is 0 Å². The molecule has 0 aliphatic carbocycles. The van der Waals surface area contributed by atoms with Crippen LogP contribution in [0, 0.1) is 0 Å². The molecule has 1 rings (SSSR count). The van der Waals surface area contributed by atoms with Gasteiger partial charge in [0.15, 0.2) is 0 Å². The number of rotatable bonds is 5. The molecule has 0 bridgehead atoms. The number of nitrogens with zero attached hydrogens (tertiary/aromatic N) is 2. The Bertz CT molecular complexity index is 583. The molecule has 1 aromatic heterocycles. The molecule has 0 aliphatic rings. The zero-order valence-corrected chi connectivity index (χ0v) is 9.81. The molecule has 0 unspecified atom stereocenters. The maximum Gasteiger partial charge on any atom is 0.331 e. The van der Waals surface area contributed by atoms with Crippen LogP contribution in [0.3, 0.4) is 0 Å². The fraction of sp³-hybridized carbons (Fsp3) is 0.182. The van der Waals surface area contributed by atoms with Crippen molar-refractivity contribution in [3.8, 4) is 0 Å². The third-order valence-corrected chi connectivity index (χ3v) is 2.29. The Kier molecular flexibility index (Phi) is 4.23. The molecule has 0 amide bonds. The number of hydrogen-bond donors (Lipinski definition) is 0. The van der Waals surface area contributed by atoms with Crippen molar-refractivity contribution in [2.24, 2.45) is 0 Å². The van der Waals surface area contributed by atoms with E-state index in [0.717, 1.165) is 10.8 Å². The maximum atomic E-state index is 11.8. The van der Waals surface area contributed by atoms with Crippen LogP contribution in [0.15, 0.2) is 41.1 Å². The fourth-order valence-corrected chi connectivity index (χ4v) is 1.48. The third kappa shape index (κ3) is 2.62. The Hall–Kier alpha value is -1.88. The molecule has 0 fully saturated rings. The van der Waals surface area contributed by atoms with Crippen LogP contribution in [0.25, 0.3) is 0 Å². The SMILES string of the molecule is C=CCn1cc(C(=O)Cl)c(=O)n(CC=C)c1=O. The molecule has 6 heteroatoms. The summed E-state index contributed by atoms with van der Waals surface area (Å²) in [5.41, 5.74) is -1.48. The second-order valence-electron chi connectivity index (χ2n) is 3.24. The summed E-state index contributed by atoms with van der Waals surface area (Å²) >= 11 is 5.29. The van der Waals surface area contributed by atoms with E-state index in [1.165, 1.54) is 16.7 Å². The van der Waals surface area contributed by atoms with E-state index in [0.29, 0.717) is 0 Å². The minimum Gasteiger partial charge on any atom is -0.296 e. The van der Waals surface area contributed by atoms with Gasteiger partial charge in [0, 0.05) is 19.3 Å². The first-order chi connectivity index (χ1) is 8.02. The van der Waals surface area contributed by atoms with Crippen LogP contribution in [0.5, 0.6) is 0 Å². The molecule has 0 aromatic carbocycles. The predicted molar refractivity (Wildman–Crippen MR) is 65.5 cm³/mol. The summed E-state index contributed by atoms with van der Waals surface area (Å²) in [5.74, 6) is 0. The van der Waals surface area contributed by atoms with Gasteiger partial charge in [-0.05, 0) is 11.6 Å². The van der Waals surface area contributed by atoms with Crippen LogP contribution in [0.1, 0.15) is 10.4 Å². The molecule has 0 aliphatic heterocycles. The second kappa shape index (κ2) is 5.45. The summed E-state index contributed by atoms with van der Waals surface area (Å²) in [4.78, 5) is 34.6. The van der Waals surface area contributed by atoms with Gasteiger partial charge in [-0.2, -0.15) is 0 Å². The van der Waals surface area contributed by atoms with Crippen molar-refractivity contribution in [2.75, 3.05) is 0 Å². The van der Waals surface area contributed by atoms with Crippen LogP contribution in [0.2, 0.25) is 0 Å². The quantitative estimate of drug-likeness (QED) is 0.576. The lowest BCUT2D eigenvalue weighted by Crippen LogP contribution is -2.41. The molecule has 0 spiro atoms. The average molecular weight is 255 g/mol. The second-order valence-corrected chi connectivity index (χ2v) is 3.59. The Morgan fingerprint density at radius 2 is 1.88 bits per heavy atom. The molecular weight excluding hydrogens is 244 g/mol. The smallest absolute Gasteiger partial charge is 0.296 e. The van der Waals surface area contributed by atoms with Crippen molar-refractivity contribution in [3.63, 3.8) is 0 Å². The highest BCUT2D eigenvalue weighted by Crippen LogP contribution is 1.96. The number of allylic oxidation sites excluding steroid dienone is 2. The number of aromatic nitrogens is 2. The van der Waals surface area contributed by atoms with Crippen molar-refractivity contribution in [2.45, 2.75) is 13.1 Å².